The van der Waals surface area contributed by atoms with Crippen LogP contribution in [0.1, 0.15) is 44.9 Å². The lowest BCUT2D eigenvalue weighted by Crippen LogP contribution is -2.60. The Balaban J connectivity index is 1.62. The van der Waals surface area contributed by atoms with Crippen LogP contribution in [0.5, 0.6) is 0 Å². The maximum atomic E-state index is 12.3. The van der Waals surface area contributed by atoms with Gasteiger partial charge in [0, 0.05) is 18.5 Å². The highest BCUT2D eigenvalue weighted by molar-refractivity contribution is 6.64. The third kappa shape index (κ3) is 1.77. The van der Waals surface area contributed by atoms with Crippen LogP contribution in [-0.2, 0) is 9.59 Å². The van der Waals surface area contributed by atoms with Gasteiger partial charge in [-0.25, -0.2) is 0 Å². The largest absolute Gasteiger partial charge is 0.336 e. The molecule has 1 unspecified atom stereocenters. The molecule has 4 saturated carbocycles. The number of hydrogen-bond acceptors (Lipinski definition) is 2. The van der Waals surface area contributed by atoms with Gasteiger partial charge in [0.1, 0.15) is 0 Å². The highest BCUT2D eigenvalue weighted by Gasteiger charge is 2.56. The van der Waals surface area contributed by atoms with E-state index in [0.717, 1.165) is 17.8 Å². The number of carbonyl (C=O) groups excluding carboxylic acids is 2. The number of amides is 1. The second-order valence-electron chi connectivity index (χ2n) is 7.35. The van der Waals surface area contributed by atoms with Crippen LogP contribution in [0.2, 0.25) is 0 Å². The maximum absolute atomic E-state index is 12.3. The lowest BCUT2D eigenvalue weighted by molar-refractivity contribution is -0.145. The van der Waals surface area contributed by atoms with Crippen LogP contribution in [0, 0.1) is 23.7 Å². The molecule has 0 aromatic heterocycles. The number of likely N-dealkylation sites (tertiary alicyclic amines) is 1. The predicted octanol–water partition coefficient (Wildman–Crippen LogP) is 2.57. The van der Waals surface area contributed by atoms with Crippen molar-refractivity contribution in [3.05, 3.63) is 0 Å². The molecule has 1 atom stereocenters. The molecular formula is C15H20ClNO2. The van der Waals surface area contributed by atoms with Crippen LogP contribution < -0.4 is 0 Å². The SMILES string of the molecule is O=C(Cl)C1CC(=O)N(C23CC4CC(CC(C4)C2)C3)C1. The van der Waals surface area contributed by atoms with Gasteiger partial charge in [0.25, 0.3) is 0 Å². The second-order valence-corrected chi connectivity index (χ2v) is 7.72. The standard InChI is InChI=1S/C15H20ClNO2/c16-14(19)12-4-13(18)17(8-12)15-5-9-1-10(6-15)3-11(2-9)7-15/h9-12H,1-8H2. The topological polar surface area (TPSA) is 37.4 Å². The van der Waals surface area contributed by atoms with Crippen LogP contribution in [-0.4, -0.2) is 28.1 Å². The quantitative estimate of drug-likeness (QED) is 0.730. The van der Waals surface area contributed by atoms with Crippen molar-refractivity contribution in [2.75, 3.05) is 6.54 Å². The molecule has 5 rings (SSSR count). The summed E-state index contributed by atoms with van der Waals surface area (Å²) in [6.45, 7) is 0.577. The zero-order valence-electron chi connectivity index (χ0n) is 11.1. The third-order valence-corrected chi connectivity index (χ3v) is 6.33. The van der Waals surface area contributed by atoms with Gasteiger partial charge in [-0.1, -0.05) is 0 Å². The van der Waals surface area contributed by atoms with Gasteiger partial charge in [-0.3, -0.25) is 9.59 Å². The van der Waals surface area contributed by atoms with Crippen molar-refractivity contribution in [1.82, 2.24) is 4.90 Å². The van der Waals surface area contributed by atoms with E-state index in [1.807, 2.05) is 0 Å². The first-order valence-corrected chi connectivity index (χ1v) is 7.93. The first-order chi connectivity index (χ1) is 9.06. The van der Waals surface area contributed by atoms with E-state index in [4.69, 9.17) is 11.6 Å². The minimum atomic E-state index is -0.333. The molecule has 1 heterocycles. The minimum Gasteiger partial charge on any atom is -0.336 e. The van der Waals surface area contributed by atoms with E-state index < -0.39 is 0 Å². The zero-order valence-corrected chi connectivity index (χ0v) is 11.9. The highest BCUT2D eigenvalue weighted by Crippen LogP contribution is 2.58. The van der Waals surface area contributed by atoms with E-state index in [-0.39, 0.29) is 22.6 Å². The molecule has 0 aromatic carbocycles. The molecule has 19 heavy (non-hydrogen) atoms. The van der Waals surface area contributed by atoms with Crippen molar-refractivity contribution < 1.29 is 9.59 Å². The molecule has 4 bridgehead atoms. The van der Waals surface area contributed by atoms with Gasteiger partial charge in [-0.05, 0) is 67.9 Å². The summed E-state index contributed by atoms with van der Waals surface area (Å²) < 4.78 is 0. The zero-order chi connectivity index (χ0) is 13.2. The summed E-state index contributed by atoms with van der Waals surface area (Å²) in [4.78, 5) is 25.7. The van der Waals surface area contributed by atoms with Crippen molar-refractivity contribution in [1.29, 1.82) is 0 Å². The first kappa shape index (κ1) is 12.2. The third-order valence-electron chi connectivity index (χ3n) is 6.02. The van der Waals surface area contributed by atoms with Gasteiger partial charge in [0.2, 0.25) is 11.1 Å². The smallest absolute Gasteiger partial charge is 0.227 e. The average Bonchev–Trinajstić information content (AvgIpc) is 2.70. The summed E-state index contributed by atoms with van der Waals surface area (Å²) in [7, 11) is 0. The number of hydrogen-bond donors (Lipinski definition) is 0. The summed E-state index contributed by atoms with van der Waals surface area (Å²) in [5, 5.41) is -0.333. The summed E-state index contributed by atoms with van der Waals surface area (Å²) in [6, 6.07) is 0. The lowest BCUT2D eigenvalue weighted by atomic mass is 9.52. The van der Waals surface area contributed by atoms with Crippen molar-refractivity contribution in [2.24, 2.45) is 23.7 Å². The summed E-state index contributed by atoms with van der Waals surface area (Å²) >= 11 is 5.60. The van der Waals surface area contributed by atoms with E-state index in [9.17, 15) is 9.59 Å². The van der Waals surface area contributed by atoms with Gasteiger partial charge in [0.15, 0.2) is 0 Å². The van der Waals surface area contributed by atoms with E-state index >= 15 is 0 Å². The van der Waals surface area contributed by atoms with Crippen molar-refractivity contribution in [3.8, 4) is 0 Å². The molecule has 4 heteroatoms. The Morgan fingerprint density at radius 3 is 2.05 bits per heavy atom. The predicted molar refractivity (Wildman–Crippen MR) is 71.6 cm³/mol. The maximum Gasteiger partial charge on any atom is 0.227 e. The molecule has 5 aliphatic rings. The molecule has 4 aliphatic carbocycles. The fourth-order valence-electron chi connectivity index (χ4n) is 5.71. The Bertz CT molecular complexity index is 412. The first-order valence-electron chi connectivity index (χ1n) is 7.55. The molecule has 1 saturated heterocycles. The Morgan fingerprint density at radius 2 is 1.63 bits per heavy atom. The summed E-state index contributed by atoms with van der Waals surface area (Å²) in [5.41, 5.74) is 0.0902. The Morgan fingerprint density at radius 1 is 1.11 bits per heavy atom. The van der Waals surface area contributed by atoms with Gasteiger partial charge >= 0.3 is 0 Å². The fraction of sp³-hybridized carbons (Fsp3) is 0.867. The van der Waals surface area contributed by atoms with Crippen LogP contribution in [0.3, 0.4) is 0 Å². The second kappa shape index (κ2) is 3.97. The molecule has 0 N–H and O–H groups in total. The average molecular weight is 282 g/mol. The van der Waals surface area contributed by atoms with E-state index in [0.29, 0.717) is 13.0 Å². The number of halogens is 1. The van der Waals surface area contributed by atoms with Gasteiger partial charge in [-0.2, -0.15) is 0 Å². The minimum absolute atomic E-state index is 0.0902. The molecule has 104 valence electrons. The van der Waals surface area contributed by atoms with Crippen LogP contribution in [0.4, 0.5) is 0 Å². The Kier molecular flexibility index (Phi) is 2.55. The van der Waals surface area contributed by atoms with E-state index in [1.165, 1.54) is 38.5 Å². The van der Waals surface area contributed by atoms with E-state index in [1.54, 1.807) is 0 Å². The molecule has 0 radical (unpaired) electrons. The molecule has 0 spiro atoms. The highest BCUT2D eigenvalue weighted by atomic mass is 35.5. The molecule has 5 fully saturated rings. The van der Waals surface area contributed by atoms with Gasteiger partial charge < -0.3 is 4.90 Å². The van der Waals surface area contributed by atoms with Crippen LogP contribution in [0.25, 0.3) is 0 Å². The Labute approximate surface area is 118 Å². The number of carbonyl (C=O) groups is 2. The van der Waals surface area contributed by atoms with Crippen molar-refractivity contribution in [3.63, 3.8) is 0 Å². The van der Waals surface area contributed by atoms with E-state index in [2.05, 4.69) is 4.90 Å². The van der Waals surface area contributed by atoms with Crippen LogP contribution in [0.15, 0.2) is 0 Å². The fourth-order valence-corrected chi connectivity index (χ4v) is 5.86. The van der Waals surface area contributed by atoms with Crippen molar-refractivity contribution in [2.45, 2.75) is 50.5 Å². The lowest BCUT2D eigenvalue weighted by Gasteiger charge is -2.59. The molecular weight excluding hydrogens is 262 g/mol. The van der Waals surface area contributed by atoms with Gasteiger partial charge in [0.05, 0.1) is 5.92 Å². The summed E-state index contributed by atoms with van der Waals surface area (Å²) in [5.74, 6) is 2.38. The van der Waals surface area contributed by atoms with Gasteiger partial charge in [-0.15, -0.1) is 0 Å². The number of nitrogens with zero attached hydrogens (tertiary/aromatic N) is 1. The molecule has 0 aromatic rings. The number of rotatable bonds is 2. The molecule has 1 amide bonds. The monoisotopic (exact) mass is 281 g/mol. The van der Waals surface area contributed by atoms with Crippen LogP contribution >= 0.6 is 11.6 Å². The normalized spacial score (nSPS) is 48.1. The summed E-state index contributed by atoms with van der Waals surface area (Å²) in [6.07, 6.45) is 7.98. The Hall–Kier alpha value is -0.570. The van der Waals surface area contributed by atoms with Crippen molar-refractivity contribution >= 4 is 22.8 Å². The molecule has 3 nitrogen and oxygen atoms in total. The molecule has 1 aliphatic heterocycles.